The standard InChI is InChI=1S/C18H13BrFNO3.C2H6/c1-11-2-4-12(5-3-11)9-21-10-15(18(23)24-20)17(22)14-7-6-13(19)8-16(14)21;1-2/h2-8,10H,9H2,1H3;1-2H3. The van der Waals surface area contributed by atoms with Gasteiger partial charge in [0.1, 0.15) is 5.56 Å². The van der Waals surface area contributed by atoms with Gasteiger partial charge in [0.15, 0.2) is 0 Å². The molecule has 136 valence electrons. The summed E-state index contributed by atoms with van der Waals surface area (Å²) in [4.78, 5) is 27.2. The van der Waals surface area contributed by atoms with E-state index >= 15 is 0 Å². The summed E-state index contributed by atoms with van der Waals surface area (Å²) < 4.78 is 14.8. The number of aryl methyl sites for hydroxylation is 1. The zero-order valence-corrected chi connectivity index (χ0v) is 16.3. The maximum atomic E-state index is 12.4. The number of hydrogen-bond acceptors (Lipinski definition) is 3. The average Bonchev–Trinajstić information content (AvgIpc) is 2.66. The number of fused-ring (bicyclic) bond motifs is 1. The lowest BCUT2D eigenvalue weighted by molar-refractivity contribution is -0.0789. The van der Waals surface area contributed by atoms with Crippen molar-refractivity contribution in [2.75, 3.05) is 0 Å². The van der Waals surface area contributed by atoms with E-state index in [0.717, 1.165) is 15.6 Å². The first-order valence-corrected chi connectivity index (χ1v) is 9.00. The second kappa shape index (κ2) is 8.76. The lowest BCUT2D eigenvalue weighted by Gasteiger charge is -2.13. The van der Waals surface area contributed by atoms with Crippen LogP contribution in [0.3, 0.4) is 0 Å². The summed E-state index contributed by atoms with van der Waals surface area (Å²) in [5.74, 6) is -1.29. The van der Waals surface area contributed by atoms with Gasteiger partial charge in [0.05, 0.1) is 5.52 Å². The fourth-order valence-electron chi connectivity index (χ4n) is 2.57. The average molecular weight is 420 g/mol. The van der Waals surface area contributed by atoms with E-state index in [2.05, 4.69) is 20.9 Å². The van der Waals surface area contributed by atoms with Crippen molar-refractivity contribution < 1.29 is 14.3 Å². The highest BCUT2D eigenvalue weighted by molar-refractivity contribution is 9.10. The number of carbonyl (C=O) groups is 1. The molecule has 0 amide bonds. The number of rotatable bonds is 3. The van der Waals surface area contributed by atoms with E-state index in [1.54, 1.807) is 22.8 Å². The van der Waals surface area contributed by atoms with E-state index in [0.29, 0.717) is 17.4 Å². The Labute approximate surface area is 159 Å². The largest absolute Gasteiger partial charge is 0.384 e. The molecule has 0 saturated heterocycles. The van der Waals surface area contributed by atoms with Gasteiger partial charge in [0.2, 0.25) is 5.43 Å². The van der Waals surface area contributed by atoms with Crippen molar-refractivity contribution in [1.82, 2.24) is 4.57 Å². The third-order valence-corrected chi connectivity index (χ3v) is 4.30. The Hall–Kier alpha value is -2.47. The second-order valence-corrected chi connectivity index (χ2v) is 6.43. The van der Waals surface area contributed by atoms with Crippen molar-refractivity contribution in [3.8, 4) is 0 Å². The molecule has 2 aromatic carbocycles. The first-order chi connectivity index (χ1) is 12.5. The van der Waals surface area contributed by atoms with Gasteiger partial charge in [0.25, 0.3) is 0 Å². The van der Waals surface area contributed by atoms with Crippen LogP contribution in [0.2, 0.25) is 0 Å². The highest BCUT2D eigenvalue weighted by atomic mass is 79.9. The predicted octanol–water partition coefficient (Wildman–Crippen LogP) is 5.19. The fourth-order valence-corrected chi connectivity index (χ4v) is 2.92. The SMILES string of the molecule is CC.Cc1ccc(Cn2cc(C(=O)OF)c(=O)c3ccc(Br)cc32)cc1. The van der Waals surface area contributed by atoms with Crippen LogP contribution in [0.5, 0.6) is 0 Å². The van der Waals surface area contributed by atoms with Crippen LogP contribution in [0.4, 0.5) is 4.53 Å². The zero-order chi connectivity index (χ0) is 19.3. The molecule has 0 unspecified atom stereocenters. The summed E-state index contributed by atoms with van der Waals surface area (Å²) in [5, 5.41) is 0.327. The summed E-state index contributed by atoms with van der Waals surface area (Å²) in [7, 11) is 0. The minimum atomic E-state index is -1.29. The summed E-state index contributed by atoms with van der Waals surface area (Å²) in [6.07, 6.45) is 1.33. The Bertz CT molecular complexity index is 981. The van der Waals surface area contributed by atoms with Crippen LogP contribution >= 0.6 is 15.9 Å². The monoisotopic (exact) mass is 419 g/mol. The number of pyridine rings is 1. The van der Waals surface area contributed by atoms with Crippen LogP contribution in [0.15, 0.2) is 57.9 Å². The highest BCUT2D eigenvalue weighted by Crippen LogP contribution is 2.20. The van der Waals surface area contributed by atoms with Gasteiger partial charge in [-0.15, -0.1) is 0 Å². The molecule has 6 heteroatoms. The topological polar surface area (TPSA) is 48.3 Å². The molecule has 0 aliphatic heterocycles. The fraction of sp³-hybridized carbons (Fsp3) is 0.200. The quantitative estimate of drug-likeness (QED) is 0.586. The molecule has 0 aliphatic rings. The molecule has 4 nitrogen and oxygen atoms in total. The van der Waals surface area contributed by atoms with Crippen LogP contribution in [-0.4, -0.2) is 10.5 Å². The van der Waals surface area contributed by atoms with Crippen LogP contribution in [0.1, 0.15) is 35.3 Å². The highest BCUT2D eigenvalue weighted by Gasteiger charge is 2.17. The van der Waals surface area contributed by atoms with Gasteiger partial charge >= 0.3 is 5.97 Å². The number of carbonyl (C=O) groups excluding carboxylic acids is 1. The van der Waals surface area contributed by atoms with E-state index in [4.69, 9.17) is 0 Å². The Balaban J connectivity index is 0.00000117. The molecule has 0 radical (unpaired) electrons. The molecule has 0 spiro atoms. The number of halogens is 2. The third-order valence-electron chi connectivity index (χ3n) is 3.81. The number of aromatic nitrogens is 1. The number of benzene rings is 2. The zero-order valence-electron chi connectivity index (χ0n) is 14.8. The number of hydrogen-bond donors (Lipinski definition) is 0. The summed E-state index contributed by atoms with van der Waals surface area (Å²) in [5.41, 5.74) is 1.88. The van der Waals surface area contributed by atoms with Gasteiger partial charge < -0.3 is 4.57 Å². The van der Waals surface area contributed by atoms with E-state index in [-0.39, 0.29) is 5.56 Å². The van der Waals surface area contributed by atoms with E-state index in [1.165, 1.54) is 6.20 Å². The smallest absolute Gasteiger partial charge is 0.342 e. The van der Waals surface area contributed by atoms with Gasteiger partial charge in [-0.05, 0) is 30.7 Å². The van der Waals surface area contributed by atoms with Crippen molar-refractivity contribution in [3.05, 3.63) is 80.0 Å². The lowest BCUT2D eigenvalue weighted by atomic mass is 10.1. The Morgan fingerprint density at radius 3 is 2.42 bits per heavy atom. The van der Waals surface area contributed by atoms with Crippen LogP contribution in [0.25, 0.3) is 10.9 Å². The third kappa shape index (κ3) is 4.19. The van der Waals surface area contributed by atoms with Gasteiger partial charge in [0, 0.05) is 27.1 Å². The second-order valence-electron chi connectivity index (χ2n) is 5.51. The molecular formula is C20H19BrFNO3. The van der Waals surface area contributed by atoms with Gasteiger partial charge in [-0.3, -0.25) is 4.79 Å². The van der Waals surface area contributed by atoms with Crippen LogP contribution in [-0.2, 0) is 11.5 Å². The first-order valence-electron chi connectivity index (χ1n) is 8.21. The van der Waals surface area contributed by atoms with Gasteiger partial charge in [-0.25, -0.2) is 9.74 Å². The molecule has 0 aliphatic carbocycles. The Kier molecular flexibility index (Phi) is 6.69. The van der Waals surface area contributed by atoms with Crippen molar-refractivity contribution in [2.24, 2.45) is 0 Å². The molecular weight excluding hydrogens is 401 g/mol. The summed E-state index contributed by atoms with van der Waals surface area (Å²) in [6, 6.07) is 13.0. The van der Waals surface area contributed by atoms with Crippen LogP contribution in [0, 0.1) is 6.92 Å². The lowest BCUT2D eigenvalue weighted by Crippen LogP contribution is -2.19. The first kappa shape index (κ1) is 19.8. The summed E-state index contributed by atoms with van der Waals surface area (Å²) in [6.45, 7) is 6.42. The molecule has 1 aromatic heterocycles. The molecule has 0 N–H and O–H groups in total. The maximum absolute atomic E-state index is 12.4. The van der Waals surface area contributed by atoms with Gasteiger partial charge in [-0.2, -0.15) is 0 Å². The van der Waals surface area contributed by atoms with E-state index in [1.807, 2.05) is 45.0 Å². The molecule has 3 aromatic rings. The normalized spacial score (nSPS) is 10.2. The molecule has 0 bridgehead atoms. The van der Waals surface area contributed by atoms with Crippen molar-refractivity contribution in [1.29, 1.82) is 0 Å². The minimum absolute atomic E-state index is 0.327. The van der Waals surface area contributed by atoms with E-state index < -0.39 is 11.4 Å². The molecule has 0 fully saturated rings. The van der Waals surface area contributed by atoms with Gasteiger partial charge in [-0.1, -0.05) is 59.6 Å². The molecule has 26 heavy (non-hydrogen) atoms. The van der Waals surface area contributed by atoms with Crippen molar-refractivity contribution in [3.63, 3.8) is 0 Å². The molecule has 3 rings (SSSR count). The van der Waals surface area contributed by atoms with Crippen LogP contribution < -0.4 is 5.43 Å². The van der Waals surface area contributed by atoms with Crippen molar-refractivity contribution in [2.45, 2.75) is 27.3 Å². The molecule has 0 atom stereocenters. The predicted molar refractivity (Wildman–Crippen MR) is 104 cm³/mol. The maximum Gasteiger partial charge on any atom is 0.384 e. The molecule has 1 heterocycles. The summed E-state index contributed by atoms with van der Waals surface area (Å²) >= 11 is 3.38. The van der Waals surface area contributed by atoms with Crippen molar-refractivity contribution >= 4 is 32.8 Å². The number of nitrogens with zero attached hydrogens (tertiary/aromatic N) is 1. The minimum Gasteiger partial charge on any atom is -0.342 e. The Morgan fingerprint density at radius 1 is 1.15 bits per heavy atom. The molecule has 0 saturated carbocycles. The Morgan fingerprint density at radius 2 is 1.81 bits per heavy atom. The van der Waals surface area contributed by atoms with E-state index in [9.17, 15) is 14.1 Å².